The van der Waals surface area contributed by atoms with Crippen LogP contribution in [0.2, 0.25) is 0 Å². The van der Waals surface area contributed by atoms with E-state index in [-0.39, 0.29) is 23.4 Å². The molecule has 2 rings (SSSR count). The van der Waals surface area contributed by atoms with Gasteiger partial charge in [0.05, 0.1) is 22.3 Å². The van der Waals surface area contributed by atoms with Crippen LogP contribution < -0.4 is 0 Å². The van der Waals surface area contributed by atoms with Crippen molar-refractivity contribution < 1.29 is 9.72 Å². The first-order valence-corrected chi connectivity index (χ1v) is 9.05. The third-order valence-electron chi connectivity index (χ3n) is 3.79. The summed E-state index contributed by atoms with van der Waals surface area (Å²) in [4.78, 5) is 25.4. The van der Waals surface area contributed by atoms with Gasteiger partial charge in [-0.2, -0.15) is 5.26 Å². The normalized spacial score (nSPS) is 10.4. The Kier molecular flexibility index (Phi) is 6.75. The molecule has 0 heterocycles. The number of rotatable bonds is 7. The van der Waals surface area contributed by atoms with Crippen molar-refractivity contribution in [1.82, 2.24) is 4.90 Å². The molecule has 0 N–H and O–H groups in total. The minimum Gasteiger partial charge on any atom is -0.335 e. The summed E-state index contributed by atoms with van der Waals surface area (Å²) >= 11 is 1.35. The van der Waals surface area contributed by atoms with E-state index in [4.69, 9.17) is 5.26 Å². The average molecular weight is 369 g/mol. The Hall–Kier alpha value is -2.85. The summed E-state index contributed by atoms with van der Waals surface area (Å²) in [5, 5.41) is 19.5. The van der Waals surface area contributed by atoms with Gasteiger partial charge in [-0.15, -0.1) is 11.8 Å². The molecular weight excluding hydrogens is 350 g/mol. The van der Waals surface area contributed by atoms with E-state index >= 15 is 0 Å². The van der Waals surface area contributed by atoms with Gasteiger partial charge in [-0.25, -0.2) is 0 Å². The summed E-state index contributed by atoms with van der Waals surface area (Å²) in [6.07, 6.45) is 0. The van der Waals surface area contributed by atoms with Crippen LogP contribution in [-0.4, -0.2) is 27.5 Å². The third kappa shape index (κ3) is 5.33. The molecule has 0 bridgehead atoms. The summed E-state index contributed by atoms with van der Waals surface area (Å²) in [6.45, 7) is 4.39. The summed E-state index contributed by atoms with van der Waals surface area (Å²) in [6, 6.07) is 15.5. The molecule has 0 unspecified atom stereocenters. The van der Waals surface area contributed by atoms with E-state index in [0.717, 1.165) is 10.5 Å². The molecule has 0 saturated carbocycles. The number of nitriles is 1. The monoisotopic (exact) mass is 369 g/mol. The number of nitro benzene ring substituents is 1. The second-order valence-corrected chi connectivity index (χ2v) is 7.01. The number of nitro groups is 1. The molecule has 0 spiro atoms. The lowest BCUT2D eigenvalue weighted by molar-refractivity contribution is -0.384. The molecule has 6 nitrogen and oxygen atoms in total. The summed E-state index contributed by atoms with van der Waals surface area (Å²) in [5.74, 6) is 0.249. The van der Waals surface area contributed by atoms with Crippen molar-refractivity contribution in [3.8, 4) is 6.07 Å². The highest BCUT2D eigenvalue weighted by Crippen LogP contribution is 2.22. The second-order valence-electron chi connectivity index (χ2n) is 5.96. The Balaban J connectivity index is 1.99. The van der Waals surface area contributed by atoms with E-state index < -0.39 is 4.92 Å². The molecule has 0 radical (unpaired) electrons. The maximum Gasteiger partial charge on any atom is 0.269 e. The number of non-ortho nitro benzene ring substituents is 1. The van der Waals surface area contributed by atoms with Crippen molar-refractivity contribution in [1.29, 1.82) is 5.26 Å². The molecule has 7 heteroatoms. The SMILES string of the molecule is CC(C)N(Cc1ccc(C#N)cc1)C(=O)CSc1ccc([N+](=O)[O-])cc1. The van der Waals surface area contributed by atoms with Crippen LogP contribution in [0.4, 0.5) is 5.69 Å². The van der Waals surface area contributed by atoms with Crippen molar-refractivity contribution in [2.45, 2.75) is 31.3 Å². The summed E-state index contributed by atoms with van der Waals surface area (Å²) < 4.78 is 0. The molecule has 2 aromatic carbocycles. The quantitative estimate of drug-likeness (QED) is 0.418. The van der Waals surface area contributed by atoms with Gasteiger partial charge < -0.3 is 4.90 Å². The number of carbonyl (C=O) groups is 1. The minimum absolute atomic E-state index is 0.00675. The van der Waals surface area contributed by atoms with Crippen LogP contribution in [0.25, 0.3) is 0 Å². The number of nitrogens with zero attached hydrogens (tertiary/aromatic N) is 3. The van der Waals surface area contributed by atoms with Crippen molar-refractivity contribution in [3.05, 3.63) is 69.8 Å². The van der Waals surface area contributed by atoms with Crippen LogP contribution in [0, 0.1) is 21.4 Å². The Morgan fingerprint density at radius 3 is 2.31 bits per heavy atom. The molecule has 1 amide bonds. The predicted molar refractivity (Wildman–Crippen MR) is 101 cm³/mol. The lowest BCUT2D eigenvalue weighted by Gasteiger charge is -2.27. The first-order chi connectivity index (χ1) is 12.4. The lowest BCUT2D eigenvalue weighted by Crippen LogP contribution is -2.37. The Labute approximate surface area is 156 Å². The van der Waals surface area contributed by atoms with E-state index in [1.54, 1.807) is 29.2 Å². The van der Waals surface area contributed by atoms with Gasteiger partial charge in [0.2, 0.25) is 5.91 Å². The smallest absolute Gasteiger partial charge is 0.269 e. The molecule has 0 aromatic heterocycles. The molecular formula is C19H19N3O3S. The summed E-state index contributed by atoms with van der Waals surface area (Å²) in [7, 11) is 0. The number of hydrogen-bond acceptors (Lipinski definition) is 5. The van der Waals surface area contributed by atoms with E-state index in [1.165, 1.54) is 23.9 Å². The van der Waals surface area contributed by atoms with Crippen molar-refractivity contribution in [3.63, 3.8) is 0 Å². The van der Waals surface area contributed by atoms with E-state index in [2.05, 4.69) is 6.07 Å². The molecule has 0 fully saturated rings. The largest absolute Gasteiger partial charge is 0.335 e. The molecule has 26 heavy (non-hydrogen) atoms. The number of benzene rings is 2. The zero-order valence-electron chi connectivity index (χ0n) is 14.6. The molecule has 0 saturated heterocycles. The molecule has 0 aliphatic heterocycles. The Bertz CT molecular complexity index is 811. The third-order valence-corrected chi connectivity index (χ3v) is 4.79. The van der Waals surface area contributed by atoms with Crippen molar-refractivity contribution in [2.24, 2.45) is 0 Å². The maximum atomic E-state index is 12.6. The average Bonchev–Trinajstić information content (AvgIpc) is 2.64. The van der Waals surface area contributed by atoms with Crippen molar-refractivity contribution >= 4 is 23.4 Å². The number of carbonyl (C=O) groups excluding carboxylic acids is 1. The lowest BCUT2D eigenvalue weighted by atomic mass is 10.1. The van der Waals surface area contributed by atoms with Crippen LogP contribution in [0.3, 0.4) is 0 Å². The van der Waals surface area contributed by atoms with Crippen LogP contribution in [-0.2, 0) is 11.3 Å². The fourth-order valence-corrected chi connectivity index (χ4v) is 3.12. The Morgan fingerprint density at radius 1 is 1.19 bits per heavy atom. The molecule has 134 valence electrons. The van der Waals surface area contributed by atoms with Gasteiger partial charge in [-0.3, -0.25) is 14.9 Å². The minimum atomic E-state index is -0.447. The fourth-order valence-electron chi connectivity index (χ4n) is 2.33. The molecule has 2 aromatic rings. The van der Waals surface area contributed by atoms with Crippen LogP contribution in [0.1, 0.15) is 25.0 Å². The highest BCUT2D eigenvalue weighted by molar-refractivity contribution is 8.00. The number of hydrogen-bond donors (Lipinski definition) is 0. The summed E-state index contributed by atoms with van der Waals surface area (Å²) in [5.41, 5.74) is 1.58. The second kappa shape index (κ2) is 9.02. The van der Waals surface area contributed by atoms with Crippen LogP contribution in [0.15, 0.2) is 53.4 Å². The first-order valence-electron chi connectivity index (χ1n) is 8.06. The van der Waals surface area contributed by atoms with Gasteiger partial charge in [0.1, 0.15) is 0 Å². The number of thioether (sulfide) groups is 1. The van der Waals surface area contributed by atoms with Gasteiger partial charge in [-0.1, -0.05) is 12.1 Å². The predicted octanol–water partition coefficient (Wildman–Crippen LogP) is 4.00. The van der Waals surface area contributed by atoms with Gasteiger partial charge in [0, 0.05) is 29.6 Å². The van der Waals surface area contributed by atoms with Crippen LogP contribution in [0.5, 0.6) is 0 Å². The molecule has 0 atom stereocenters. The van der Waals surface area contributed by atoms with Crippen molar-refractivity contribution in [2.75, 3.05) is 5.75 Å². The highest BCUT2D eigenvalue weighted by atomic mass is 32.2. The Morgan fingerprint density at radius 2 is 1.81 bits per heavy atom. The first kappa shape index (κ1) is 19.5. The number of amides is 1. The van der Waals surface area contributed by atoms with E-state index in [9.17, 15) is 14.9 Å². The zero-order valence-corrected chi connectivity index (χ0v) is 15.4. The zero-order chi connectivity index (χ0) is 19.1. The van der Waals surface area contributed by atoms with Gasteiger partial charge >= 0.3 is 0 Å². The standard InChI is InChI=1S/C19H19N3O3S/c1-14(2)21(12-16-5-3-15(11-20)4-6-16)19(23)13-26-18-9-7-17(8-10-18)22(24)25/h3-10,14H,12-13H2,1-2H3. The topological polar surface area (TPSA) is 87.2 Å². The van der Waals surface area contributed by atoms with E-state index in [1.807, 2.05) is 26.0 Å². The van der Waals surface area contributed by atoms with Gasteiger partial charge in [0.15, 0.2) is 0 Å². The fraction of sp³-hybridized carbons (Fsp3) is 0.263. The van der Waals surface area contributed by atoms with E-state index in [0.29, 0.717) is 12.1 Å². The van der Waals surface area contributed by atoms with Gasteiger partial charge in [-0.05, 0) is 43.7 Å². The molecule has 0 aliphatic rings. The highest BCUT2D eigenvalue weighted by Gasteiger charge is 2.18. The van der Waals surface area contributed by atoms with Crippen LogP contribution >= 0.6 is 11.8 Å². The maximum absolute atomic E-state index is 12.6. The van der Waals surface area contributed by atoms with Gasteiger partial charge in [0.25, 0.3) is 5.69 Å². The molecule has 0 aliphatic carbocycles.